The third-order valence-corrected chi connectivity index (χ3v) is 5.38. The number of hydrogen-bond donors (Lipinski definition) is 1. The van der Waals surface area contributed by atoms with Crippen molar-refractivity contribution in [3.63, 3.8) is 0 Å². The molecule has 0 spiro atoms. The van der Waals surface area contributed by atoms with Crippen LogP contribution in [-0.2, 0) is 6.54 Å². The van der Waals surface area contributed by atoms with Crippen LogP contribution in [0.1, 0.15) is 11.1 Å². The second kappa shape index (κ2) is 7.90. The second-order valence-electron chi connectivity index (χ2n) is 6.78. The molecule has 1 aliphatic heterocycles. The molecule has 1 N–H and O–H groups in total. The fourth-order valence-electron chi connectivity index (χ4n) is 3.54. The van der Waals surface area contributed by atoms with Crippen molar-refractivity contribution in [1.82, 2.24) is 5.01 Å². The van der Waals surface area contributed by atoms with Crippen molar-refractivity contribution in [3.05, 3.63) is 82.9 Å². The van der Waals surface area contributed by atoms with Crippen LogP contribution in [0.5, 0.6) is 0 Å². The first-order valence-electron chi connectivity index (χ1n) is 9.13. The fourth-order valence-corrected chi connectivity index (χ4v) is 3.73. The molecular weight excluding hydrogens is 342 g/mol. The number of quaternary nitrogens is 1. The van der Waals surface area contributed by atoms with Crippen molar-refractivity contribution in [3.8, 4) is 0 Å². The summed E-state index contributed by atoms with van der Waals surface area (Å²) in [6.07, 6.45) is 1.87. The third-order valence-electron chi connectivity index (χ3n) is 5.03. The number of hydrogen-bond acceptors (Lipinski definition) is 2. The van der Waals surface area contributed by atoms with Gasteiger partial charge in [-0.05, 0) is 16.8 Å². The number of rotatable bonds is 4. The van der Waals surface area contributed by atoms with Crippen LogP contribution in [0.25, 0.3) is 10.8 Å². The van der Waals surface area contributed by atoms with Crippen molar-refractivity contribution in [2.45, 2.75) is 6.54 Å². The molecule has 1 saturated heterocycles. The highest BCUT2D eigenvalue weighted by molar-refractivity contribution is 6.33. The summed E-state index contributed by atoms with van der Waals surface area (Å²) in [5.74, 6) is 0. The average Bonchev–Trinajstić information content (AvgIpc) is 2.69. The minimum absolute atomic E-state index is 0.747. The Morgan fingerprint density at radius 2 is 1.65 bits per heavy atom. The normalized spacial score (nSPS) is 15.8. The predicted octanol–water partition coefficient (Wildman–Crippen LogP) is 3.23. The van der Waals surface area contributed by atoms with Gasteiger partial charge >= 0.3 is 0 Å². The summed E-state index contributed by atoms with van der Waals surface area (Å²) >= 11 is 6.19. The van der Waals surface area contributed by atoms with Crippen LogP contribution >= 0.6 is 11.6 Å². The maximum Gasteiger partial charge on any atom is 0.104 e. The zero-order valence-corrected chi connectivity index (χ0v) is 15.5. The molecule has 4 rings (SSSR count). The molecule has 26 heavy (non-hydrogen) atoms. The molecule has 0 amide bonds. The Labute approximate surface area is 159 Å². The van der Waals surface area contributed by atoms with E-state index in [4.69, 9.17) is 11.6 Å². The van der Waals surface area contributed by atoms with Crippen LogP contribution in [0.4, 0.5) is 0 Å². The molecule has 0 unspecified atom stereocenters. The van der Waals surface area contributed by atoms with Gasteiger partial charge in [0.25, 0.3) is 0 Å². The Hall–Kier alpha value is -2.36. The quantitative estimate of drug-likeness (QED) is 0.705. The summed E-state index contributed by atoms with van der Waals surface area (Å²) in [6, 6.07) is 23.1. The first kappa shape index (κ1) is 17.1. The van der Waals surface area contributed by atoms with Gasteiger partial charge in [0.15, 0.2) is 0 Å². The Bertz CT molecular complexity index is 909. The number of hydrazone groups is 1. The lowest BCUT2D eigenvalue weighted by Gasteiger charge is -2.30. The van der Waals surface area contributed by atoms with Crippen molar-refractivity contribution in [1.29, 1.82) is 0 Å². The maximum atomic E-state index is 6.19. The molecule has 0 radical (unpaired) electrons. The summed E-state index contributed by atoms with van der Waals surface area (Å²) in [6.45, 7) is 5.22. The predicted molar refractivity (Wildman–Crippen MR) is 109 cm³/mol. The first-order chi connectivity index (χ1) is 12.8. The van der Waals surface area contributed by atoms with E-state index in [9.17, 15) is 0 Å². The van der Waals surface area contributed by atoms with Crippen LogP contribution in [0.15, 0.2) is 71.8 Å². The van der Waals surface area contributed by atoms with Gasteiger partial charge in [-0.2, -0.15) is 5.10 Å². The molecule has 0 saturated carbocycles. The van der Waals surface area contributed by atoms with Gasteiger partial charge in [-0.3, -0.25) is 5.01 Å². The molecule has 4 heteroatoms. The Morgan fingerprint density at radius 3 is 2.50 bits per heavy atom. The van der Waals surface area contributed by atoms with Crippen LogP contribution in [0.2, 0.25) is 5.02 Å². The Morgan fingerprint density at radius 1 is 0.923 bits per heavy atom. The highest BCUT2D eigenvalue weighted by Gasteiger charge is 2.19. The van der Waals surface area contributed by atoms with Gasteiger partial charge in [0, 0.05) is 16.1 Å². The maximum absolute atomic E-state index is 6.19. The third kappa shape index (κ3) is 3.90. The minimum atomic E-state index is 0.747. The molecule has 3 nitrogen and oxygen atoms in total. The van der Waals surface area contributed by atoms with Gasteiger partial charge in [-0.1, -0.05) is 72.3 Å². The molecule has 0 aliphatic carbocycles. The zero-order valence-electron chi connectivity index (χ0n) is 14.7. The Balaban J connectivity index is 1.37. The smallest absolute Gasteiger partial charge is 0.104 e. The largest absolute Gasteiger partial charge is 0.328 e. The monoisotopic (exact) mass is 364 g/mol. The van der Waals surface area contributed by atoms with Gasteiger partial charge in [-0.15, -0.1) is 0 Å². The highest BCUT2D eigenvalue weighted by atomic mass is 35.5. The van der Waals surface area contributed by atoms with E-state index in [2.05, 4.69) is 52.6 Å². The number of piperazine rings is 1. The van der Waals surface area contributed by atoms with E-state index in [-0.39, 0.29) is 0 Å². The molecular formula is C22H23ClN3+. The number of fused-ring (bicyclic) bond motifs is 1. The van der Waals surface area contributed by atoms with Crippen molar-refractivity contribution >= 4 is 28.6 Å². The summed E-state index contributed by atoms with van der Waals surface area (Å²) in [7, 11) is 0. The average molecular weight is 365 g/mol. The SMILES string of the molecule is Clc1ccccc1C=NN1CC[NH+](Cc2cccc3ccccc23)CC1. The van der Waals surface area contributed by atoms with E-state index < -0.39 is 0 Å². The summed E-state index contributed by atoms with van der Waals surface area (Å²) in [5.41, 5.74) is 2.41. The number of halogens is 1. The molecule has 1 heterocycles. The van der Waals surface area contributed by atoms with Crippen molar-refractivity contribution in [2.24, 2.45) is 5.10 Å². The molecule has 0 aromatic heterocycles. The second-order valence-corrected chi connectivity index (χ2v) is 7.19. The van der Waals surface area contributed by atoms with Crippen LogP contribution in [0, 0.1) is 0 Å². The van der Waals surface area contributed by atoms with Gasteiger partial charge < -0.3 is 4.90 Å². The summed E-state index contributed by atoms with van der Waals surface area (Å²) in [4.78, 5) is 1.62. The number of nitrogens with one attached hydrogen (secondary N) is 1. The molecule has 132 valence electrons. The van der Waals surface area contributed by atoms with Crippen molar-refractivity contribution < 1.29 is 4.90 Å². The minimum Gasteiger partial charge on any atom is -0.328 e. The number of benzene rings is 3. The highest BCUT2D eigenvalue weighted by Crippen LogP contribution is 2.17. The van der Waals surface area contributed by atoms with E-state index >= 15 is 0 Å². The van der Waals surface area contributed by atoms with Gasteiger partial charge in [-0.25, -0.2) is 0 Å². The van der Waals surface area contributed by atoms with E-state index in [0.717, 1.165) is 43.3 Å². The zero-order chi connectivity index (χ0) is 17.8. The summed E-state index contributed by atoms with van der Waals surface area (Å²) < 4.78 is 0. The topological polar surface area (TPSA) is 20.0 Å². The van der Waals surface area contributed by atoms with E-state index in [1.54, 1.807) is 4.90 Å². The van der Waals surface area contributed by atoms with E-state index in [1.807, 2.05) is 30.5 Å². The van der Waals surface area contributed by atoms with Crippen LogP contribution < -0.4 is 4.90 Å². The molecule has 3 aromatic carbocycles. The first-order valence-corrected chi connectivity index (χ1v) is 9.51. The van der Waals surface area contributed by atoms with E-state index in [1.165, 1.54) is 16.3 Å². The van der Waals surface area contributed by atoms with Crippen LogP contribution in [0.3, 0.4) is 0 Å². The lowest BCUT2D eigenvalue weighted by molar-refractivity contribution is -0.918. The molecule has 0 atom stereocenters. The summed E-state index contributed by atoms with van der Waals surface area (Å²) in [5, 5.41) is 10.2. The van der Waals surface area contributed by atoms with Crippen LogP contribution in [-0.4, -0.2) is 37.4 Å². The molecule has 1 aliphatic rings. The molecule has 1 fully saturated rings. The van der Waals surface area contributed by atoms with E-state index in [0.29, 0.717) is 0 Å². The number of nitrogens with zero attached hydrogens (tertiary/aromatic N) is 2. The Kier molecular flexibility index (Phi) is 5.19. The molecule has 0 bridgehead atoms. The molecule has 3 aromatic rings. The lowest BCUT2D eigenvalue weighted by Crippen LogP contribution is -3.13. The lowest BCUT2D eigenvalue weighted by atomic mass is 10.0. The van der Waals surface area contributed by atoms with Crippen molar-refractivity contribution in [2.75, 3.05) is 26.2 Å². The van der Waals surface area contributed by atoms with Gasteiger partial charge in [0.05, 0.1) is 32.4 Å². The van der Waals surface area contributed by atoms with Gasteiger partial charge in [0.1, 0.15) is 6.54 Å². The standard InChI is InChI=1S/C22H22ClN3/c23-22-11-4-2-7-19(22)16-24-26-14-12-25(13-15-26)17-20-9-5-8-18-6-1-3-10-21(18)20/h1-11,16H,12-15,17H2/p+1. The fraction of sp³-hybridized carbons (Fsp3) is 0.227. The van der Waals surface area contributed by atoms with Gasteiger partial charge in [0.2, 0.25) is 0 Å².